The van der Waals surface area contributed by atoms with Gasteiger partial charge < -0.3 is 20.1 Å². The van der Waals surface area contributed by atoms with Gasteiger partial charge in [-0.2, -0.15) is 0 Å². The Morgan fingerprint density at radius 3 is 2.73 bits per heavy atom. The van der Waals surface area contributed by atoms with Crippen molar-refractivity contribution in [2.24, 2.45) is 0 Å². The molecule has 0 saturated carbocycles. The zero-order chi connectivity index (χ0) is 15.6. The van der Waals surface area contributed by atoms with Crippen LogP contribution in [0.25, 0.3) is 0 Å². The van der Waals surface area contributed by atoms with E-state index >= 15 is 0 Å². The number of carbonyl (C=O) groups is 1. The molecule has 7 nitrogen and oxygen atoms in total. The number of sulfone groups is 1. The molecule has 3 rings (SSSR count). The van der Waals surface area contributed by atoms with E-state index in [4.69, 9.17) is 9.47 Å². The van der Waals surface area contributed by atoms with E-state index in [0.29, 0.717) is 37.7 Å². The Kier molecular flexibility index (Phi) is 4.10. The van der Waals surface area contributed by atoms with Crippen LogP contribution in [0.1, 0.15) is 12.0 Å². The first-order valence-corrected chi connectivity index (χ1v) is 8.97. The average Bonchev–Trinajstić information content (AvgIpc) is 2.84. The highest BCUT2D eigenvalue weighted by Gasteiger charge is 2.28. The molecule has 0 aromatic heterocycles. The number of carbonyl (C=O) groups excluding carboxylic acids is 1. The quantitative estimate of drug-likeness (QED) is 0.841. The van der Waals surface area contributed by atoms with Gasteiger partial charge in [-0.1, -0.05) is 6.07 Å². The molecule has 2 N–H and O–H groups in total. The van der Waals surface area contributed by atoms with E-state index in [1.165, 1.54) is 0 Å². The van der Waals surface area contributed by atoms with Gasteiger partial charge in [0.2, 0.25) is 0 Å². The number of amides is 2. The van der Waals surface area contributed by atoms with E-state index in [0.717, 1.165) is 5.56 Å². The Bertz CT molecular complexity index is 674. The van der Waals surface area contributed by atoms with Gasteiger partial charge in [-0.05, 0) is 24.1 Å². The lowest BCUT2D eigenvalue weighted by Gasteiger charge is -2.19. The maximum atomic E-state index is 11.8. The molecule has 22 heavy (non-hydrogen) atoms. The molecule has 1 unspecified atom stereocenters. The minimum Gasteiger partial charge on any atom is -0.486 e. The highest BCUT2D eigenvalue weighted by molar-refractivity contribution is 7.91. The van der Waals surface area contributed by atoms with Gasteiger partial charge in [0.15, 0.2) is 21.3 Å². The molecule has 1 saturated heterocycles. The number of ether oxygens (including phenoxy) is 2. The van der Waals surface area contributed by atoms with Gasteiger partial charge in [0.1, 0.15) is 13.2 Å². The topological polar surface area (TPSA) is 93.7 Å². The van der Waals surface area contributed by atoms with Crippen molar-refractivity contribution in [1.29, 1.82) is 0 Å². The standard InChI is InChI=1S/C14H18N2O5S/c17-14(16-11-3-6-22(18,19)9-11)15-8-10-1-2-12-13(7-10)21-5-4-20-12/h1-2,7,11H,3-6,8-9H2,(H2,15,16,17). The third kappa shape index (κ3) is 3.62. The number of hydrogen-bond donors (Lipinski definition) is 2. The van der Waals surface area contributed by atoms with Crippen LogP contribution in [0.2, 0.25) is 0 Å². The molecule has 0 bridgehead atoms. The van der Waals surface area contributed by atoms with Crippen molar-refractivity contribution < 1.29 is 22.7 Å². The van der Waals surface area contributed by atoms with Gasteiger partial charge in [0.05, 0.1) is 11.5 Å². The zero-order valence-electron chi connectivity index (χ0n) is 12.0. The van der Waals surface area contributed by atoms with Crippen molar-refractivity contribution in [2.75, 3.05) is 24.7 Å². The highest BCUT2D eigenvalue weighted by atomic mass is 32.2. The van der Waals surface area contributed by atoms with E-state index in [-0.39, 0.29) is 23.6 Å². The number of fused-ring (bicyclic) bond motifs is 1. The van der Waals surface area contributed by atoms with Gasteiger partial charge in [0, 0.05) is 12.6 Å². The fourth-order valence-electron chi connectivity index (χ4n) is 2.53. The molecule has 1 aromatic rings. The second-order valence-electron chi connectivity index (χ2n) is 5.40. The lowest BCUT2D eigenvalue weighted by atomic mass is 10.2. The van der Waals surface area contributed by atoms with Crippen LogP contribution in [-0.2, 0) is 16.4 Å². The van der Waals surface area contributed by atoms with Gasteiger partial charge in [-0.15, -0.1) is 0 Å². The van der Waals surface area contributed by atoms with Crippen LogP contribution in [0, 0.1) is 0 Å². The van der Waals surface area contributed by atoms with Crippen molar-refractivity contribution in [2.45, 2.75) is 19.0 Å². The molecule has 2 amide bonds. The molecule has 0 spiro atoms. The van der Waals surface area contributed by atoms with Crippen molar-refractivity contribution in [3.05, 3.63) is 23.8 Å². The third-order valence-electron chi connectivity index (χ3n) is 3.63. The van der Waals surface area contributed by atoms with E-state index in [9.17, 15) is 13.2 Å². The number of rotatable bonds is 3. The monoisotopic (exact) mass is 326 g/mol. The predicted octanol–water partition coefficient (Wildman–Crippen LogP) is 0.444. The van der Waals surface area contributed by atoms with Crippen LogP contribution >= 0.6 is 0 Å². The van der Waals surface area contributed by atoms with E-state index in [1.54, 1.807) is 0 Å². The van der Waals surface area contributed by atoms with Crippen LogP contribution < -0.4 is 20.1 Å². The molecule has 2 aliphatic heterocycles. The first-order chi connectivity index (χ1) is 10.5. The summed E-state index contributed by atoms with van der Waals surface area (Å²) in [6.07, 6.45) is 0.472. The lowest BCUT2D eigenvalue weighted by Crippen LogP contribution is -2.42. The normalized spacial score (nSPS) is 22.1. The van der Waals surface area contributed by atoms with Crippen LogP contribution in [0.4, 0.5) is 4.79 Å². The predicted molar refractivity (Wildman–Crippen MR) is 79.9 cm³/mol. The van der Waals surface area contributed by atoms with Crippen LogP contribution in [0.5, 0.6) is 11.5 Å². The van der Waals surface area contributed by atoms with Crippen LogP contribution in [0.15, 0.2) is 18.2 Å². The molecular weight excluding hydrogens is 308 g/mol. The van der Waals surface area contributed by atoms with Gasteiger partial charge in [-0.3, -0.25) is 0 Å². The van der Waals surface area contributed by atoms with Crippen LogP contribution in [-0.4, -0.2) is 45.2 Å². The third-order valence-corrected chi connectivity index (χ3v) is 5.40. The summed E-state index contributed by atoms with van der Waals surface area (Å²) in [6.45, 7) is 1.39. The number of hydrogen-bond acceptors (Lipinski definition) is 5. The van der Waals surface area contributed by atoms with Crippen molar-refractivity contribution in [3.63, 3.8) is 0 Å². The van der Waals surface area contributed by atoms with Gasteiger partial charge in [-0.25, -0.2) is 13.2 Å². The summed E-state index contributed by atoms with van der Waals surface area (Å²) in [5, 5.41) is 5.40. The molecule has 2 aliphatic rings. The van der Waals surface area contributed by atoms with Crippen LogP contribution in [0.3, 0.4) is 0 Å². The van der Waals surface area contributed by atoms with Crippen molar-refractivity contribution >= 4 is 15.9 Å². The maximum Gasteiger partial charge on any atom is 0.315 e. The second-order valence-corrected chi connectivity index (χ2v) is 7.63. The Morgan fingerprint density at radius 2 is 2.00 bits per heavy atom. The molecule has 0 aliphatic carbocycles. The molecule has 0 radical (unpaired) electrons. The second kappa shape index (κ2) is 6.04. The Labute approximate surface area is 128 Å². The van der Waals surface area contributed by atoms with Gasteiger partial charge >= 0.3 is 6.03 Å². The van der Waals surface area contributed by atoms with E-state index < -0.39 is 9.84 Å². The summed E-state index contributed by atoms with van der Waals surface area (Å²) in [5.74, 6) is 1.54. The summed E-state index contributed by atoms with van der Waals surface area (Å²) in [7, 11) is -2.99. The lowest BCUT2D eigenvalue weighted by molar-refractivity contribution is 0.171. The smallest absolute Gasteiger partial charge is 0.315 e. The molecule has 2 heterocycles. The first kappa shape index (κ1) is 15.0. The minimum absolute atomic E-state index is 0.0183. The molecular formula is C14H18N2O5S. The Balaban J connectivity index is 1.51. The fourth-order valence-corrected chi connectivity index (χ4v) is 4.20. The van der Waals surface area contributed by atoms with E-state index in [1.807, 2.05) is 18.2 Å². The number of urea groups is 1. The minimum atomic E-state index is -2.99. The first-order valence-electron chi connectivity index (χ1n) is 7.15. The molecule has 1 aromatic carbocycles. The molecule has 1 fully saturated rings. The SMILES string of the molecule is O=C(NCc1ccc2c(c1)OCCO2)NC1CCS(=O)(=O)C1. The Morgan fingerprint density at radius 1 is 1.23 bits per heavy atom. The number of benzene rings is 1. The van der Waals surface area contributed by atoms with Crippen molar-refractivity contribution in [1.82, 2.24) is 10.6 Å². The number of nitrogens with one attached hydrogen (secondary N) is 2. The van der Waals surface area contributed by atoms with Crippen molar-refractivity contribution in [3.8, 4) is 11.5 Å². The Hall–Kier alpha value is -1.96. The molecule has 120 valence electrons. The summed E-state index contributed by atoms with van der Waals surface area (Å²) in [4.78, 5) is 11.8. The summed E-state index contributed by atoms with van der Waals surface area (Å²) in [6, 6.07) is 4.83. The zero-order valence-corrected chi connectivity index (χ0v) is 12.8. The van der Waals surface area contributed by atoms with Gasteiger partial charge in [0.25, 0.3) is 0 Å². The fraction of sp³-hybridized carbons (Fsp3) is 0.500. The summed E-state index contributed by atoms with van der Waals surface area (Å²) >= 11 is 0. The summed E-state index contributed by atoms with van der Waals surface area (Å²) < 4.78 is 33.6. The van der Waals surface area contributed by atoms with E-state index in [2.05, 4.69) is 10.6 Å². The summed E-state index contributed by atoms with van der Waals surface area (Å²) in [5.41, 5.74) is 0.887. The highest BCUT2D eigenvalue weighted by Crippen LogP contribution is 2.30. The molecule has 8 heteroatoms. The maximum absolute atomic E-state index is 11.8. The average molecular weight is 326 g/mol. The largest absolute Gasteiger partial charge is 0.486 e. The molecule has 1 atom stereocenters.